The van der Waals surface area contributed by atoms with Crippen LogP contribution in [-0.2, 0) is 16.1 Å². The maximum Gasteiger partial charge on any atom is 0.269 e. The monoisotopic (exact) mass is 299 g/mol. The van der Waals surface area contributed by atoms with Crippen molar-refractivity contribution in [1.29, 1.82) is 0 Å². The van der Waals surface area contributed by atoms with Gasteiger partial charge in [-0.1, -0.05) is 0 Å². The van der Waals surface area contributed by atoms with Crippen molar-refractivity contribution in [1.82, 2.24) is 0 Å². The second kappa shape index (κ2) is 6.46. The summed E-state index contributed by atoms with van der Waals surface area (Å²) in [5, 5.41) is 39.5. The summed E-state index contributed by atoms with van der Waals surface area (Å²) in [5.74, 6) is 0. The molecule has 1 saturated heterocycles. The SMILES string of the molecule is CC1OC(OCc2ccc([N+](=O)[O-])cc2)C(O)C(O)C1O. The smallest absolute Gasteiger partial charge is 0.269 e. The Morgan fingerprint density at radius 2 is 1.81 bits per heavy atom. The summed E-state index contributed by atoms with van der Waals surface area (Å²) in [4.78, 5) is 10.0. The Morgan fingerprint density at radius 1 is 1.19 bits per heavy atom. The van der Waals surface area contributed by atoms with Crippen molar-refractivity contribution in [3.8, 4) is 0 Å². The lowest BCUT2D eigenvalue weighted by Gasteiger charge is -2.38. The first-order valence-corrected chi connectivity index (χ1v) is 6.44. The molecule has 0 saturated carbocycles. The summed E-state index contributed by atoms with van der Waals surface area (Å²) in [5.41, 5.74) is 0.629. The number of nitro groups is 1. The number of hydrogen-bond acceptors (Lipinski definition) is 7. The lowest BCUT2D eigenvalue weighted by atomic mass is 10.00. The van der Waals surface area contributed by atoms with Gasteiger partial charge in [-0.25, -0.2) is 0 Å². The normalized spacial score (nSPS) is 32.9. The molecule has 1 aliphatic heterocycles. The number of benzene rings is 1. The molecule has 1 fully saturated rings. The standard InChI is InChI=1S/C13H17NO7/c1-7-10(15)11(16)12(17)13(21-7)20-6-8-2-4-9(5-3-8)14(18)19/h2-5,7,10-13,15-17H,6H2,1H3. The average Bonchev–Trinajstić information content (AvgIpc) is 2.48. The molecule has 5 atom stereocenters. The van der Waals surface area contributed by atoms with Gasteiger partial charge in [0, 0.05) is 12.1 Å². The summed E-state index contributed by atoms with van der Waals surface area (Å²) >= 11 is 0. The van der Waals surface area contributed by atoms with Crippen molar-refractivity contribution in [2.75, 3.05) is 0 Å². The zero-order valence-corrected chi connectivity index (χ0v) is 11.3. The van der Waals surface area contributed by atoms with Crippen LogP contribution in [0.15, 0.2) is 24.3 Å². The van der Waals surface area contributed by atoms with E-state index in [0.717, 1.165) is 0 Å². The average molecular weight is 299 g/mol. The second-order valence-electron chi connectivity index (χ2n) is 4.92. The van der Waals surface area contributed by atoms with E-state index in [-0.39, 0.29) is 12.3 Å². The first kappa shape index (κ1) is 15.8. The number of nitrogens with zero attached hydrogens (tertiary/aromatic N) is 1. The Morgan fingerprint density at radius 3 is 2.38 bits per heavy atom. The van der Waals surface area contributed by atoms with E-state index in [1.165, 1.54) is 24.3 Å². The molecular formula is C13H17NO7. The Labute approximate surface area is 120 Å². The predicted molar refractivity (Wildman–Crippen MR) is 70.2 cm³/mol. The number of non-ortho nitro benzene ring substituents is 1. The van der Waals surface area contributed by atoms with E-state index in [9.17, 15) is 25.4 Å². The summed E-state index contributed by atoms with van der Waals surface area (Å²) < 4.78 is 10.6. The van der Waals surface area contributed by atoms with Crippen molar-refractivity contribution < 1.29 is 29.7 Å². The van der Waals surface area contributed by atoms with Crippen LogP contribution in [0.25, 0.3) is 0 Å². The molecular weight excluding hydrogens is 282 g/mol. The van der Waals surface area contributed by atoms with E-state index in [1.807, 2.05) is 0 Å². The van der Waals surface area contributed by atoms with Crippen LogP contribution in [-0.4, -0.2) is 50.9 Å². The minimum absolute atomic E-state index is 0.0279. The zero-order valence-electron chi connectivity index (χ0n) is 11.3. The van der Waals surface area contributed by atoms with Crippen molar-refractivity contribution in [2.45, 2.75) is 44.2 Å². The van der Waals surface area contributed by atoms with Crippen molar-refractivity contribution >= 4 is 5.69 Å². The first-order valence-electron chi connectivity index (χ1n) is 6.44. The summed E-state index contributed by atoms with van der Waals surface area (Å²) in [6.45, 7) is 1.61. The molecule has 1 aliphatic rings. The predicted octanol–water partition coefficient (Wildman–Crippen LogP) is -0.0611. The topological polar surface area (TPSA) is 122 Å². The van der Waals surface area contributed by atoms with E-state index in [4.69, 9.17) is 9.47 Å². The molecule has 1 heterocycles. The Bertz CT molecular complexity index is 492. The van der Waals surface area contributed by atoms with Crippen LogP contribution in [0.3, 0.4) is 0 Å². The van der Waals surface area contributed by atoms with Gasteiger partial charge in [0.1, 0.15) is 18.3 Å². The van der Waals surface area contributed by atoms with Gasteiger partial charge in [0.15, 0.2) is 6.29 Å². The Kier molecular flexibility index (Phi) is 4.86. The Hall–Kier alpha value is -1.58. The van der Waals surface area contributed by atoms with Crippen LogP contribution in [0, 0.1) is 10.1 Å². The molecule has 21 heavy (non-hydrogen) atoms. The molecule has 0 bridgehead atoms. The molecule has 1 aromatic rings. The number of rotatable bonds is 4. The van der Waals surface area contributed by atoms with Crippen LogP contribution in [0.4, 0.5) is 5.69 Å². The number of aliphatic hydroxyl groups is 3. The fraction of sp³-hybridized carbons (Fsp3) is 0.538. The van der Waals surface area contributed by atoms with E-state index < -0.39 is 35.6 Å². The van der Waals surface area contributed by atoms with E-state index in [1.54, 1.807) is 6.92 Å². The van der Waals surface area contributed by atoms with Gasteiger partial charge in [-0.15, -0.1) is 0 Å². The third-order valence-electron chi connectivity index (χ3n) is 3.37. The first-order chi connectivity index (χ1) is 9.90. The minimum Gasteiger partial charge on any atom is -0.388 e. The fourth-order valence-electron chi connectivity index (χ4n) is 2.04. The molecule has 0 aliphatic carbocycles. The number of hydrogen-bond donors (Lipinski definition) is 3. The highest BCUT2D eigenvalue weighted by Crippen LogP contribution is 2.23. The van der Waals surface area contributed by atoms with Gasteiger partial charge >= 0.3 is 0 Å². The lowest BCUT2D eigenvalue weighted by Crippen LogP contribution is -2.57. The number of nitro benzene ring substituents is 1. The lowest BCUT2D eigenvalue weighted by molar-refractivity contribution is -0.384. The minimum atomic E-state index is -1.37. The molecule has 0 radical (unpaired) electrons. The summed E-state index contributed by atoms with van der Waals surface area (Å²) in [7, 11) is 0. The van der Waals surface area contributed by atoms with Crippen LogP contribution in [0.1, 0.15) is 12.5 Å². The molecule has 3 N–H and O–H groups in total. The number of ether oxygens (including phenoxy) is 2. The van der Waals surface area contributed by atoms with Gasteiger partial charge in [-0.05, 0) is 24.6 Å². The van der Waals surface area contributed by atoms with E-state index in [0.29, 0.717) is 5.56 Å². The van der Waals surface area contributed by atoms with Crippen molar-refractivity contribution in [3.63, 3.8) is 0 Å². The quantitative estimate of drug-likeness (QED) is 0.525. The maximum absolute atomic E-state index is 10.5. The van der Waals surface area contributed by atoms with Gasteiger partial charge in [0.05, 0.1) is 17.6 Å². The second-order valence-corrected chi connectivity index (χ2v) is 4.92. The third-order valence-corrected chi connectivity index (χ3v) is 3.37. The Balaban J connectivity index is 1.94. The molecule has 5 unspecified atom stereocenters. The van der Waals surface area contributed by atoms with Gasteiger partial charge in [-0.2, -0.15) is 0 Å². The van der Waals surface area contributed by atoms with E-state index in [2.05, 4.69) is 0 Å². The van der Waals surface area contributed by atoms with Crippen LogP contribution < -0.4 is 0 Å². The highest BCUT2D eigenvalue weighted by molar-refractivity contribution is 5.32. The molecule has 8 nitrogen and oxygen atoms in total. The summed E-state index contributed by atoms with van der Waals surface area (Å²) in [6, 6.07) is 5.75. The zero-order chi connectivity index (χ0) is 15.6. The summed E-state index contributed by atoms with van der Waals surface area (Å²) in [6.07, 6.45) is -5.65. The number of aliphatic hydroxyl groups excluding tert-OH is 3. The van der Waals surface area contributed by atoms with Crippen LogP contribution in [0.2, 0.25) is 0 Å². The molecule has 2 rings (SSSR count). The van der Waals surface area contributed by atoms with Gasteiger partial charge in [0.2, 0.25) is 0 Å². The molecule has 1 aromatic carbocycles. The highest BCUT2D eigenvalue weighted by Gasteiger charge is 2.42. The molecule has 0 aromatic heterocycles. The molecule has 8 heteroatoms. The van der Waals surface area contributed by atoms with Crippen molar-refractivity contribution in [2.24, 2.45) is 0 Å². The highest BCUT2D eigenvalue weighted by atomic mass is 16.7. The van der Waals surface area contributed by atoms with Gasteiger partial charge in [-0.3, -0.25) is 10.1 Å². The fourth-order valence-corrected chi connectivity index (χ4v) is 2.04. The largest absolute Gasteiger partial charge is 0.388 e. The van der Waals surface area contributed by atoms with Crippen LogP contribution >= 0.6 is 0 Å². The van der Waals surface area contributed by atoms with Gasteiger partial charge < -0.3 is 24.8 Å². The van der Waals surface area contributed by atoms with Crippen molar-refractivity contribution in [3.05, 3.63) is 39.9 Å². The maximum atomic E-state index is 10.5. The molecule has 0 amide bonds. The molecule has 0 spiro atoms. The molecule has 116 valence electrons. The van der Waals surface area contributed by atoms with Crippen LogP contribution in [0.5, 0.6) is 0 Å². The van der Waals surface area contributed by atoms with Gasteiger partial charge in [0.25, 0.3) is 5.69 Å². The van der Waals surface area contributed by atoms with E-state index >= 15 is 0 Å². The third kappa shape index (κ3) is 3.55.